The molecule has 0 radical (unpaired) electrons. The predicted octanol–water partition coefficient (Wildman–Crippen LogP) is 6.48. The van der Waals surface area contributed by atoms with Gasteiger partial charge in [0.05, 0.1) is 17.7 Å². The normalized spacial score (nSPS) is 20.2. The number of fused-ring (bicyclic) bond motifs is 1. The van der Waals surface area contributed by atoms with Gasteiger partial charge in [-0.3, -0.25) is 4.79 Å². The van der Waals surface area contributed by atoms with Gasteiger partial charge in [0, 0.05) is 10.6 Å². The zero-order chi connectivity index (χ0) is 20.7. The first-order valence-electron chi connectivity index (χ1n) is 9.56. The van der Waals surface area contributed by atoms with E-state index < -0.39 is 13.7 Å². The van der Waals surface area contributed by atoms with Crippen molar-refractivity contribution >= 4 is 37.3 Å². The van der Waals surface area contributed by atoms with Crippen LogP contribution in [0.15, 0.2) is 36.4 Å². The maximum atomic E-state index is 13.7. The topological polar surface area (TPSA) is 39.2 Å². The van der Waals surface area contributed by atoms with E-state index in [1.807, 2.05) is 24.3 Å². The Morgan fingerprint density at radius 1 is 1.11 bits per heavy atom. The molecule has 1 aromatic carbocycles. The third-order valence-corrected chi connectivity index (χ3v) is 11.2. The number of carbonyl (C=O) groups is 1. The fraction of sp³-hybridized carbons (Fsp3) is 0.455. The number of aromatic nitrogens is 1. The maximum absolute atomic E-state index is 13.7. The average molecular weight is 436 g/mol. The number of ketones is 1. The van der Waals surface area contributed by atoms with Gasteiger partial charge in [-0.15, -0.1) is 0 Å². The minimum absolute atomic E-state index is 0.0546. The van der Waals surface area contributed by atoms with Gasteiger partial charge < -0.3 is 4.43 Å². The van der Waals surface area contributed by atoms with Crippen LogP contribution < -0.4 is 0 Å². The summed E-state index contributed by atoms with van der Waals surface area (Å²) in [4.78, 5) is 18.1. The van der Waals surface area contributed by atoms with Crippen molar-refractivity contribution in [2.75, 3.05) is 6.61 Å². The van der Waals surface area contributed by atoms with Gasteiger partial charge in [-0.25, -0.2) is 4.98 Å². The first-order valence-corrected chi connectivity index (χ1v) is 13.2. The minimum atomic E-state index is -2.02. The Balaban J connectivity index is 2.05. The van der Waals surface area contributed by atoms with E-state index in [4.69, 9.17) is 27.6 Å². The molecule has 3 rings (SSSR count). The monoisotopic (exact) mass is 435 g/mol. The van der Waals surface area contributed by atoms with Crippen molar-refractivity contribution in [2.24, 2.45) is 0 Å². The highest BCUT2D eigenvalue weighted by molar-refractivity contribution is 6.74. The number of halogens is 2. The smallest absolute Gasteiger partial charge is 0.192 e. The lowest BCUT2D eigenvalue weighted by Gasteiger charge is -2.42. The van der Waals surface area contributed by atoms with Crippen molar-refractivity contribution in [3.05, 3.63) is 63.4 Å². The van der Waals surface area contributed by atoms with E-state index >= 15 is 0 Å². The van der Waals surface area contributed by atoms with Crippen LogP contribution in [0.3, 0.4) is 0 Å². The number of Topliss-reactive ketones (excluding diaryl/α,β-unsaturated/α-hetero) is 1. The number of hydrogen-bond acceptors (Lipinski definition) is 3. The van der Waals surface area contributed by atoms with E-state index in [2.05, 4.69) is 38.8 Å². The zero-order valence-electron chi connectivity index (χ0n) is 17.1. The van der Waals surface area contributed by atoms with Crippen molar-refractivity contribution in [3.8, 4) is 0 Å². The molecule has 1 unspecified atom stereocenters. The van der Waals surface area contributed by atoms with Crippen molar-refractivity contribution in [2.45, 2.75) is 57.2 Å². The van der Waals surface area contributed by atoms with Gasteiger partial charge in [-0.1, -0.05) is 56.1 Å². The van der Waals surface area contributed by atoms with Crippen LogP contribution in [0.5, 0.6) is 0 Å². The summed E-state index contributed by atoms with van der Waals surface area (Å²) in [5, 5.41) is 1.14. The van der Waals surface area contributed by atoms with Gasteiger partial charge in [-0.2, -0.15) is 0 Å². The molecule has 1 aliphatic rings. The van der Waals surface area contributed by atoms with Gasteiger partial charge in [0.1, 0.15) is 5.15 Å². The van der Waals surface area contributed by atoms with Gasteiger partial charge in [0.25, 0.3) is 0 Å². The maximum Gasteiger partial charge on any atom is 0.192 e. The zero-order valence-corrected chi connectivity index (χ0v) is 19.6. The van der Waals surface area contributed by atoms with Crippen LogP contribution in [0.4, 0.5) is 0 Å². The molecule has 150 valence electrons. The largest absolute Gasteiger partial charge is 0.415 e. The molecule has 28 heavy (non-hydrogen) atoms. The summed E-state index contributed by atoms with van der Waals surface area (Å²) in [6, 6.07) is 11.1. The predicted molar refractivity (Wildman–Crippen MR) is 118 cm³/mol. The standard InChI is InChI=1S/C22H27Cl2NO2Si/c1-21(2,3)28(4,5)27-14-22(15-6-8-16(23)9-7-15)13-12-18-17(20(22)26)10-11-19(24)25-18/h6-11H,12-14H2,1-5H3. The SMILES string of the molecule is CC(C)(C)[Si](C)(C)OCC1(c2ccc(Cl)cc2)CCc2nc(Cl)ccc2C1=O. The lowest BCUT2D eigenvalue weighted by molar-refractivity contribution is 0.0775. The quantitative estimate of drug-likeness (QED) is 0.407. The number of nitrogens with zero attached hydrogens (tertiary/aromatic N) is 1. The molecule has 0 fully saturated rings. The fourth-order valence-corrected chi connectivity index (χ4v) is 4.69. The average Bonchev–Trinajstić information content (AvgIpc) is 2.61. The second-order valence-electron chi connectivity index (χ2n) is 9.10. The number of carbonyl (C=O) groups excluding carboxylic acids is 1. The van der Waals surface area contributed by atoms with Crippen LogP contribution in [0.2, 0.25) is 28.3 Å². The molecule has 0 aliphatic heterocycles. The van der Waals surface area contributed by atoms with Gasteiger partial charge in [-0.05, 0) is 60.8 Å². The van der Waals surface area contributed by atoms with Crippen molar-refractivity contribution < 1.29 is 9.22 Å². The third-order valence-electron chi connectivity index (χ3n) is 6.29. The molecule has 0 bridgehead atoms. The molecule has 1 aliphatic carbocycles. The second-order valence-corrected chi connectivity index (χ2v) is 14.7. The van der Waals surface area contributed by atoms with Crippen molar-refractivity contribution in [3.63, 3.8) is 0 Å². The molecule has 1 aromatic heterocycles. The highest BCUT2D eigenvalue weighted by atomic mass is 35.5. The Kier molecular flexibility index (Phi) is 5.81. The van der Waals surface area contributed by atoms with Gasteiger partial charge in [0.2, 0.25) is 0 Å². The van der Waals surface area contributed by atoms with Crippen LogP contribution >= 0.6 is 23.2 Å². The Bertz CT molecular complexity index is 890. The fourth-order valence-electron chi connectivity index (χ4n) is 3.36. The van der Waals surface area contributed by atoms with E-state index in [1.54, 1.807) is 12.1 Å². The molecule has 3 nitrogen and oxygen atoms in total. The molecule has 1 heterocycles. The summed E-state index contributed by atoms with van der Waals surface area (Å²) in [5.41, 5.74) is 1.63. The summed E-state index contributed by atoms with van der Waals surface area (Å²) in [5.74, 6) is 0.0546. The van der Waals surface area contributed by atoms with E-state index in [0.717, 1.165) is 11.3 Å². The van der Waals surface area contributed by atoms with Gasteiger partial charge in [0.15, 0.2) is 14.1 Å². The highest BCUT2D eigenvalue weighted by Gasteiger charge is 2.47. The lowest BCUT2D eigenvalue weighted by atomic mass is 9.68. The van der Waals surface area contributed by atoms with Crippen LogP contribution in [0.1, 0.15) is 48.8 Å². The molecule has 0 spiro atoms. The Morgan fingerprint density at radius 3 is 2.36 bits per heavy atom. The Hall–Kier alpha value is -1.20. The first kappa shape index (κ1) is 21.5. The Labute approximate surface area is 178 Å². The number of aryl methyl sites for hydroxylation is 1. The summed E-state index contributed by atoms with van der Waals surface area (Å²) < 4.78 is 6.57. The molecular formula is C22H27Cl2NO2Si. The molecule has 0 N–H and O–H groups in total. The minimum Gasteiger partial charge on any atom is -0.415 e. The number of hydrogen-bond donors (Lipinski definition) is 0. The van der Waals surface area contributed by atoms with E-state index in [9.17, 15) is 4.79 Å². The molecular weight excluding hydrogens is 409 g/mol. The second kappa shape index (κ2) is 7.56. The summed E-state index contributed by atoms with van der Waals surface area (Å²) in [6.07, 6.45) is 1.33. The lowest BCUT2D eigenvalue weighted by Crippen LogP contribution is -2.50. The number of rotatable bonds is 4. The van der Waals surface area contributed by atoms with Crippen molar-refractivity contribution in [1.82, 2.24) is 4.98 Å². The number of pyridine rings is 1. The van der Waals surface area contributed by atoms with Crippen LogP contribution in [-0.4, -0.2) is 25.7 Å². The van der Waals surface area contributed by atoms with Crippen LogP contribution in [-0.2, 0) is 16.3 Å². The van der Waals surface area contributed by atoms with E-state index in [0.29, 0.717) is 35.2 Å². The molecule has 0 saturated heterocycles. The van der Waals surface area contributed by atoms with Crippen molar-refractivity contribution in [1.29, 1.82) is 0 Å². The van der Waals surface area contributed by atoms with Gasteiger partial charge >= 0.3 is 0 Å². The Morgan fingerprint density at radius 2 is 1.75 bits per heavy atom. The van der Waals surface area contributed by atoms with Crippen LogP contribution in [0, 0.1) is 0 Å². The van der Waals surface area contributed by atoms with E-state index in [1.165, 1.54) is 0 Å². The molecule has 1 atom stereocenters. The summed E-state index contributed by atoms with van der Waals surface area (Å²) in [6.45, 7) is 11.4. The third kappa shape index (κ3) is 3.93. The number of benzene rings is 1. The molecule has 6 heteroatoms. The summed E-state index contributed by atoms with van der Waals surface area (Å²) in [7, 11) is -2.02. The van der Waals surface area contributed by atoms with Crippen LogP contribution in [0.25, 0.3) is 0 Å². The highest BCUT2D eigenvalue weighted by Crippen LogP contribution is 2.42. The molecule has 0 amide bonds. The molecule has 2 aromatic rings. The molecule has 0 saturated carbocycles. The summed E-state index contributed by atoms with van der Waals surface area (Å²) >= 11 is 12.2. The van der Waals surface area contributed by atoms with E-state index in [-0.39, 0.29) is 10.8 Å². The first-order chi connectivity index (χ1) is 13.0.